The van der Waals surface area contributed by atoms with Crippen LogP contribution in [0.4, 0.5) is 0 Å². The minimum Gasteiger partial charge on any atom is -0.350 e. The molecular weight excluding hydrogens is 550 g/mol. The van der Waals surface area contributed by atoms with E-state index in [9.17, 15) is 9.59 Å². The highest BCUT2D eigenvalue weighted by molar-refractivity contribution is 9.10. The summed E-state index contributed by atoms with van der Waals surface area (Å²) in [5.41, 5.74) is 1.69. The van der Waals surface area contributed by atoms with Gasteiger partial charge in [0.15, 0.2) is 5.65 Å². The number of nitrogens with one attached hydrogen (secondary N) is 1. The van der Waals surface area contributed by atoms with E-state index in [1.165, 1.54) is 12.5 Å². The molecule has 4 aromatic rings. The molecule has 4 rings (SSSR count). The molecule has 1 amide bonds. The molecule has 2 aromatic carbocycles. The van der Waals surface area contributed by atoms with Gasteiger partial charge in [-0.25, -0.2) is 9.67 Å². The van der Waals surface area contributed by atoms with Crippen molar-refractivity contribution in [1.82, 2.24) is 24.6 Å². The Bertz CT molecular complexity index is 1320. The van der Waals surface area contributed by atoms with Crippen LogP contribution in [0.25, 0.3) is 11.0 Å². The van der Waals surface area contributed by atoms with Crippen LogP contribution in [0.1, 0.15) is 15.9 Å². The van der Waals surface area contributed by atoms with Crippen molar-refractivity contribution in [3.05, 3.63) is 90.4 Å². The fourth-order valence-corrected chi connectivity index (χ4v) is 3.93. The van der Waals surface area contributed by atoms with Crippen molar-refractivity contribution in [3.8, 4) is 0 Å². The van der Waals surface area contributed by atoms with Crippen LogP contribution in [0.15, 0.2) is 68.7 Å². The molecule has 0 bridgehead atoms. The lowest BCUT2D eigenvalue weighted by atomic mass is 10.2. The van der Waals surface area contributed by atoms with Crippen molar-refractivity contribution < 1.29 is 4.79 Å². The minimum absolute atomic E-state index is 0.163. The van der Waals surface area contributed by atoms with E-state index in [2.05, 4.69) is 47.3 Å². The molecule has 7 nitrogen and oxygen atoms in total. The van der Waals surface area contributed by atoms with E-state index in [-0.39, 0.29) is 11.5 Å². The Hall–Kier alpha value is -2.49. The summed E-state index contributed by atoms with van der Waals surface area (Å²) in [6.45, 7) is 1.09. The summed E-state index contributed by atoms with van der Waals surface area (Å²) in [5, 5.41) is 7.88. The third-order valence-corrected chi connectivity index (χ3v) is 6.02. The first-order chi connectivity index (χ1) is 14.9. The zero-order valence-electron chi connectivity index (χ0n) is 16.1. The Morgan fingerprint density at radius 2 is 1.84 bits per heavy atom. The number of rotatable bonds is 6. The van der Waals surface area contributed by atoms with Gasteiger partial charge in [-0.15, -0.1) is 0 Å². The van der Waals surface area contributed by atoms with Crippen molar-refractivity contribution in [2.45, 2.75) is 13.1 Å². The van der Waals surface area contributed by atoms with Crippen LogP contribution < -0.4 is 10.9 Å². The maximum atomic E-state index is 12.8. The molecule has 0 saturated heterocycles. The van der Waals surface area contributed by atoms with Gasteiger partial charge < -0.3 is 5.32 Å². The van der Waals surface area contributed by atoms with Crippen LogP contribution in [-0.2, 0) is 13.1 Å². The van der Waals surface area contributed by atoms with E-state index in [1.807, 2.05) is 24.3 Å². The summed E-state index contributed by atoms with van der Waals surface area (Å²) in [6.07, 6.45) is 3.03. The lowest BCUT2D eigenvalue weighted by molar-refractivity contribution is 0.0952. The molecule has 0 fully saturated rings. The summed E-state index contributed by atoms with van der Waals surface area (Å²) < 4.78 is 4.90. The number of nitrogens with zero attached hydrogens (tertiary/aromatic N) is 4. The Morgan fingerprint density at radius 1 is 1.10 bits per heavy atom. The van der Waals surface area contributed by atoms with Gasteiger partial charge in [0.05, 0.1) is 29.9 Å². The lowest BCUT2D eigenvalue weighted by Crippen LogP contribution is -2.28. The van der Waals surface area contributed by atoms with Crippen LogP contribution in [0.5, 0.6) is 0 Å². The first-order valence-corrected chi connectivity index (χ1v) is 11.3. The molecule has 158 valence electrons. The predicted molar refractivity (Wildman–Crippen MR) is 127 cm³/mol. The molecule has 2 aromatic heterocycles. The van der Waals surface area contributed by atoms with E-state index in [0.717, 1.165) is 14.5 Å². The molecule has 31 heavy (non-hydrogen) atoms. The van der Waals surface area contributed by atoms with Gasteiger partial charge >= 0.3 is 0 Å². The third kappa shape index (κ3) is 4.89. The summed E-state index contributed by atoms with van der Waals surface area (Å²) in [7, 11) is 0. The first kappa shape index (κ1) is 21.7. The number of halogens is 3. The maximum Gasteiger partial charge on any atom is 0.264 e. The number of amides is 1. The average molecular weight is 566 g/mol. The second-order valence-corrected chi connectivity index (χ2v) is 9.03. The standard InChI is InChI=1S/C21H16Br2ClN5O2/c22-14-3-1-13(2-4-14)11-28-12-26-19-17(21(28)31)10-27-29(19)8-7-25-20(30)16-9-15(23)5-6-18(16)24/h1-6,9-10,12H,7-8,11H2,(H,25,30). The van der Waals surface area contributed by atoms with Gasteiger partial charge in [-0.2, -0.15) is 5.10 Å². The van der Waals surface area contributed by atoms with Crippen LogP contribution >= 0.6 is 43.5 Å². The second-order valence-electron chi connectivity index (χ2n) is 6.79. The molecule has 0 aliphatic heterocycles. The number of hydrogen-bond acceptors (Lipinski definition) is 4. The molecular formula is C21H16Br2ClN5O2. The number of fused-ring (bicyclic) bond motifs is 1. The zero-order valence-corrected chi connectivity index (χ0v) is 20.0. The zero-order chi connectivity index (χ0) is 22.0. The maximum absolute atomic E-state index is 12.8. The normalized spacial score (nSPS) is 11.1. The van der Waals surface area contributed by atoms with Crippen molar-refractivity contribution >= 4 is 60.4 Å². The van der Waals surface area contributed by atoms with Gasteiger partial charge in [0, 0.05) is 15.5 Å². The van der Waals surface area contributed by atoms with Crippen molar-refractivity contribution in [2.75, 3.05) is 6.54 Å². The van der Waals surface area contributed by atoms with E-state index in [0.29, 0.717) is 41.3 Å². The number of carbonyl (C=O) groups excluding carboxylic acids is 1. The van der Waals surface area contributed by atoms with E-state index < -0.39 is 0 Å². The average Bonchev–Trinajstić information content (AvgIpc) is 3.17. The Balaban J connectivity index is 1.46. The monoisotopic (exact) mass is 563 g/mol. The summed E-state index contributed by atoms with van der Waals surface area (Å²) in [6, 6.07) is 12.8. The van der Waals surface area contributed by atoms with Crippen LogP contribution in [0.3, 0.4) is 0 Å². The molecule has 1 N–H and O–H groups in total. The van der Waals surface area contributed by atoms with E-state index in [1.54, 1.807) is 27.4 Å². The summed E-state index contributed by atoms with van der Waals surface area (Å²) in [4.78, 5) is 29.6. The third-order valence-electron chi connectivity index (χ3n) is 4.67. The smallest absolute Gasteiger partial charge is 0.264 e. The summed E-state index contributed by atoms with van der Waals surface area (Å²) >= 11 is 12.8. The van der Waals surface area contributed by atoms with Gasteiger partial charge in [-0.05, 0) is 35.9 Å². The van der Waals surface area contributed by atoms with E-state index >= 15 is 0 Å². The van der Waals surface area contributed by atoms with Crippen molar-refractivity contribution in [1.29, 1.82) is 0 Å². The van der Waals surface area contributed by atoms with Crippen molar-refractivity contribution in [3.63, 3.8) is 0 Å². The Kier molecular flexibility index (Phi) is 6.54. The number of carbonyl (C=O) groups is 1. The molecule has 0 atom stereocenters. The Morgan fingerprint density at radius 3 is 2.61 bits per heavy atom. The van der Waals surface area contributed by atoms with Crippen LogP contribution in [-0.4, -0.2) is 31.8 Å². The number of hydrogen-bond donors (Lipinski definition) is 1. The highest BCUT2D eigenvalue weighted by Crippen LogP contribution is 2.20. The second kappa shape index (κ2) is 9.33. The number of aromatic nitrogens is 4. The molecule has 0 radical (unpaired) electrons. The first-order valence-electron chi connectivity index (χ1n) is 9.31. The predicted octanol–water partition coefficient (Wildman–Crippen LogP) is 4.25. The van der Waals surface area contributed by atoms with Crippen LogP contribution in [0.2, 0.25) is 5.02 Å². The van der Waals surface area contributed by atoms with Gasteiger partial charge in [-0.1, -0.05) is 55.6 Å². The number of benzene rings is 2. The van der Waals surface area contributed by atoms with Gasteiger partial charge in [0.25, 0.3) is 11.5 Å². The molecule has 0 spiro atoms. The fourth-order valence-electron chi connectivity index (χ4n) is 3.10. The lowest BCUT2D eigenvalue weighted by Gasteiger charge is -2.09. The SMILES string of the molecule is O=C(NCCn1ncc2c(=O)n(Cc3ccc(Br)cc3)cnc21)c1cc(Br)ccc1Cl. The quantitative estimate of drug-likeness (QED) is 0.379. The van der Waals surface area contributed by atoms with Gasteiger partial charge in [-0.3, -0.25) is 14.2 Å². The molecule has 2 heterocycles. The molecule has 0 aliphatic rings. The largest absolute Gasteiger partial charge is 0.350 e. The van der Waals surface area contributed by atoms with Gasteiger partial charge in [0.2, 0.25) is 0 Å². The summed E-state index contributed by atoms with van der Waals surface area (Å²) in [5.74, 6) is -0.285. The highest BCUT2D eigenvalue weighted by Gasteiger charge is 2.13. The molecule has 0 unspecified atom stereocenters. The van der Waals surface area contributed by atoms with Crippen LogP contribution in [0, 0.1) is 0 Å². The molecule has 10 heteroatoms. The van der Waals surface area contributed by atoms with Gasteiger partial charge in [0.1, 0.15) is 11.7 Å². The molecule has 0 saturated carbocycles. The topological polar surface area (TPSA) is 81.8 Å². The molecule has 0 aliphatic carbocycles. The highest BCUT2D eigenvalue weighted by atomic mass is 79.9. The fraction of sp³-hybridized carbons (Fsp3) is 0.143. The van der Waals surface area contributed by atoms with Crippen molar-refractivity contribution in [2.24, 2.45) is 0 Å². The Labute approximate surface area is 199 Å². The van der Waals surface area contributed by atoms with E-state index in [4.69, 9.17) is 11.6 Å². The minimum atomic E-state index is -0.285.